The van der Waals surface area contributed by atoms with E-state index in [1.165, 1.54) is 0 Å². The number of benzene rings is 1. The average Bonchev–Trinajstić information content (AvgIpc) is 2.70. The lowest BCUT2D eigenvalue weighted by atomic mass is 10.0. The van der Waals surface area contributed by atoms with Crippen LogP contribution in [0.3, 0.4) is 0 Å². The van der Waals surface area contributed by atoms with Crippen LogP contribution in [0.25, 0.3) is 0 Å². The Hall–Kier alpha value is -1.95. The van der Waals surface area contributed by atoms with Crippen LogP contribution in [-0.2, 0) is 11.2 Å². The molecule has 2 rings (SSSR count). The van der Waals surface area contributed by atoms with Crippen molar-refractivity contribution in [2.75, 3.05) is 41.5 Å². The number of amides is 1. The fourth-order valence-electron chi connectivity index (χ4n) is 3.77. The number of carbonyl (C=O) groups is 1. The van der Waals surface area contributed by atoms with Crippen LogP contribution in [0.4, 0.5) is 0 Å². The summed E-state index contributed by atoms with van der Waals surface area (Å²) in [6.45, 7) is 6.57. The second kappa shape index (κ2) is 9.83. The van der Waals surface area contributed by atoms with E-state index >= 15 is 0 Å². The van der Waals surface area contributed by atoms with Crippen LogP contribution >= 0.6 is 0 Å². The molecule has 0 saturated carbocycles. The van der Waals surface area contributed by atoms with Crippen molar-refractivity contribution in [2.24, 2.45) is 0 Å². The topological polar surface area (TPSA) is 51.2 Å². The lowest BCUT2D eigenvalue weighted by Gasteiger charge is -2.38. The van der Waals surface area contributed by atoms with Gasteiger partial charge >= 0.3 is 0 Å². The lowest BCUT2D eigenvalue weighted by molar-refractivity contribution is -0.132. The second-order valence-corrected chi connectivity index (χ2v) is 7.36. The van der Waals surface area contributed by atoms with Gasteiger partial charge in [-0.2, -0.15) is 0 Å². The van der Waals surface area contributed by atoms with Gasteiger partial charge in [0.25, 0.3) is 0 Å². The van der Waals surface area contributed by atoms with Gasteiger partial charge in [0.2, 0.25) is 11.7 Å². The van der Waals surface area contributed by atoms with Crippen molar-refractivity contribution in [2.45, 2.75) is 51.6 Å². The van der Waals surface area contributed by atoms with E-state index < -0.39 is 0 Å². The summed E-state index contributed by atoms with van der Waals surface area (Å²) in [5, 5.41) is 0. The molecule has 1 aliphatic heterocycles. The van der Waals surface area contributed by atoms with Crippen molar-refractivity contribution < 1.29 is 19.0 Å². The van der Waals surface area contributed by atoms with Gasteiger partial charge in [-0.3, -0.25) is 4.79 Å². The van der Waals surface area contributed by atoms with Gasteiger partial charge in [-0.1, -0.05) is 6.07 Å². The fraction of sp³-hybridized carbons (Fsp3) is 0.667. The third-order valence-electron chi connectivity index (χ3n) is 5.56. The smallest absolute Gasteiger partial charge is 0.222 e. The number of hydrogen-bond acceptors (Lipinski definition) is 5. The Bertz CT molecular complexity index is 625. The lowest BCUT2D eigenvalue weighted by Crippen LogP contribution is -2.47. The first-order valence-corrected chi connectivity index (χ1v) is 9.70. The first-order valence-electron chi connectivity index (χ1n) is 9.70. The van der Waals surface area contributed by atoms with Gasteiger partial charge in [-0.05, 0) is 44.7 Å². The number of ether oxygens (including phenoxy) is 3. The summed E-state index contributed by atoms with van der Waals surface area (Å²) in [4.78, 5) is 17.1. The fourth-order valence-corrected chi connectivity index (χ4v) is 3.77. The molecule has 0 radical (unpaired) electrons. The summed E-state index contributed by atoms with van der Waals surface area (Å²) in [5.41, 5.74) is 0.950. The van der Waals surface area contributed by atoms with Gasteiger partial charge in [0.05, 0.1) is 21.3 Å². The van der Waals surface area contributed by atoms with E-state index in [0.717, 1.165) is 31.5 Å². The highest BCUT2D eigenvalue weighted by molar-refractivity contribution is 5.76. The summed E-state index contributed by atoms with van der Waals surface area (Å²) in [6, 6.07) is 4.70. The molecular formula is C21H34N2O4. The van der Waals surface area contributed by atoms with Gasteiger partial charge < -0.3 is 24.0 Å². The van der Waals surface area contributed by atoms with E-state index in [4.69, 9.17) is 14.2 Å². The summed E-state index contributed by atoms with van der Waals surface area (Å²) in [6.07, 6.45) is 3.14. The van der Waals surface area contributed by atoms with Crippen molar-refractivity contribution in [1.82, 2.24) is 9.80 Å². The highest BCUT2D eigenvalue weighted by Crippen LogP contribution is 2.40. The SMILES string of the molecule is COc1ccc(CCC(=O)N(C)C2CCN(C(C)C)CC2)c(OC)c1OC. The molecule has 0 unspecified atom stereocenters. The summed E-state index contributed by atoms with van der Waals surface area (Å²) >= 11 is 0. The van der Waals surface area contributed by atoms with Gasteiger partial charge in [0.15, 0.2) is 11.5 Å². The minimum Gasteiger partial charge on any atom is -0.493 e. The standard InChI is InChI=1S/C21H34N2O4/c1-15(2)23-13-11-17(12-14-23)22(3)19(24)10-8-16-7-9-18(25-4)21(27-6)20(16)26-5/h7,9,15,17H,8,10-14H2,1-6H3. The predicted molar refractivity (Wildman–Crippen MR) is 107 cm³/mol. The van der Waals surface area contributed by atoms with Gasteiger partial charge in [0.1, 0.15) is 0 Å². The summed E-state index contributed by atoms with van der Waals surface area (Å²) in [7, 11) is 6.73. The number of likely N-dealkylation sites (tertiary alicyclic amines) is 1. The van der Waals surface area contributed by atoms with Crippen molar-refractivity contribution in [3.63, 3.8) is 0 Å². The van der Waals surface area contributed by atoms with Crippen molar-refractivity contribution >= 4 is 5.91 Å². The molecule has 1 aliphatic rings. The van der Waals surface area contributed by atoms with E-state index in [0.29, 0.717) is 42.2 Å². The Labute approximate surface area is 163 Å². The molecule has 6 heteroatoms. The van der Waals surface area contributed by atoms with E-state index in [9.17, 15) is 4.79 Å². The van der Waals surface area contributed by atoms with Crippen molar-refractivity contribution in [3.8, 4) is 17.2 Å². The Balaban J connectivity index is 1.97. The molecule has 1 amide bonds. The van der Waals surface area contributed by atoms with Gasteiger partial charge in [-0.25, -0.2) is 0 Å². The molecule has 1 aromatic carbocycles. The maximum Gasteiger partial charge on any atom is 0.222 e. The van der Waals surface area contributed by atoms with Crippen LogP contribution in [0.5, 0.6) is 17.2 Å². The number of nitrogens with zero attached hydrogens (tertiary/aromatic N) is 2. The molecule has 0 aliphatic carbocycles. The number of methoxy groups -OCH3 is 3. The largest absolute Gasteiger partial charge is 0.493 e. The van der Waals surface area contributed by atoms with E-state index in [-0.39, 0.29) is 5.91 Å². The van der Waals surface area contributed by atoms with Crippen LogP contribution in [0, 0.1) is 0 Å². The van der Waals surface area contributed by atoms with Crippen LogP contribution in [0.15, 0.2) is 12.1 Å². The minimum atomic E-state index is 0.176. The Morgan fingerprint density at radius 2 is 1.74 bits per heavy atom. The Morgan fingerprint density at radius 1 is 1.11 bits per heavy atom. The molecule has 0 bridgehead atoms. The first-order chi connectivity index (χ1) is 12.9. The molecule has 0 N–H and O–H groups in total. The number of aryl methyl sites for hydroxylation is 1. The molecule has 0 atom stereocenters. The predicted octanol–water partition coefficient (Wildman–Crippen LogP) is 2.98. The average molecular weight is 379 g/mol. The molecule has 152 valence electrons. The third-order valence-corrected chi connectivity index (χ3v) is 5.56. The van der Waals surface area contributed by atoms with Crippen LogP contribution in [0.1, 0.15) is 38.7 Å². The monoisotopic (exact) mass is 378 g/mol. The number of piperidine rings is 1. The van der Waals surface area contributed by atoms with E-state index in [1.807, 2.05) is 24.1 Å². The maximum absolute atomic E-state index is 12.7. The molecule has 0 spiro atoms. The first kappa shape index (κ1) is 21.4. The highest BCUT2D eigenvalue weighted by Gasteiger charge is 2.26. The maximum atomic E-state index is 12.7. The van der Waals surface area contributed by atoms with Crippen molar-refractivity contribution in [1.29, 1.82) is 0 Å². The molecule has 1 aromatic rings. The third kappa shape index (κ3) is 5.06. The second-order valence-electron chi connectivity index (χ2n) is 7.36. The van der Waals surface area contributed by atoms with Gasteiger partial charge in [0, 0.05) is 38.6 Å². The van der Waals surface area contributed by atoms with Crippen LogP contribution in [-0.4, -0.2) is 69.3 Å². The minimum absolute atomic E-state index is 0.176. The molecule has 1 heterocycles. The van der Waals surface area contributed by atoms with Crippen molar-refractivity contribution in [3.05, 3.63) is 17.7 Å². The highest BCUT2D eigenvalue weighted by atomic mass is 16.5. The molecule has 27 heavy (non-hydrogen) atoms. The van der Waals surface area contributed by atoms with Crippen LogP contribution in [0.2, 0.25) is 0 Å². The van der Waals surface area contributed by atoms with Crippen LogP contribution < -0.4 is 14.2 Å². The normalized spacial score (nSPS) is 15.7. The number of carbonyl (C=O) groups excluding carboxylic acids is 1. The quantitative estimate of drug-likeness (QED) is 0.696. The van der Waals surface area contributed by atoms with E-state index in [1.54, 1.807) is 21.3 Å². The van der Waals surface area contributed by atoms with Gasteiger partial charge in [-0.15, -0.1) is 0 Å². The zero-order valence-corrected chi connectivity index (χ0v) is 17.6. The van der Waals surface area contributed by atoms with E-state index in [2.05, 4.69) is 18.7 Å². The molecule has 1 fully saturated rings. The zero-order valence-electron chi connectivity index (χ0n) is 17.6. The number of rotatable bonds is 8. The number of hydrogen-bond donors (Lipinski definition) is 0. The zero-order chi connectivity index (χ0) is 20.0. The molecule has 1 saturated heterocycles. The molecular weight excluding hydrogens is 344 g/mol. The Kier molecular flexibility index (Phi) is 7.78. The molecule has 6 nitrogen and oxygen atoms in total. The summed E-state index contributed by atoms with van der Waals surface area (Å²) < 4.78 is 16.3. The Morgan fingerprint density at radius 3 is 2.26 bits per heavy atom. The summed E-state index contributed by atoms with van der Waals surface area (Å²) in [5.74, 6) is 2.00. The molecule has 0 aromatic heterocycles.